The van der Waals surface area contributed by atoms with E-state index in [1.54, 1.807) is 6.92 Å². The second-order valence-corrected chi connectivity index (χ2v) is 9.41. The Balaban J connectivity index is 2.02. The molecule has 5 atom stereocenters. The zero-order valence-corrected chi connectivity index (χ0v) is 16.2. The number of hydrogen-bond acceptors (Lipinski definition) is 4. The van der Waals surface area contributed by atoms with Crippen molar-refractivity contribution in [2.45, 2.75) is 78.6 Å². The van der Waals surface area contributed by atoms with Gasteiger partial charge in [0.15, 0.2) is 0 Å². The van der Waals surface area contributed by atoms with Gasteiger partial charge in [-0.25, -0.2) is 0 Å². The van der Waals surface area contributed by atoms with Crippen LogP contribution in [0.1, 0.15) is 78.6 Å². The van der Waals surface area contributed by atoms with Crippen molar-refractivity contribution in [1.29, 1.82) is 0 Å². The van der Waals surface area contributed by atoms with Crippen LogP contribution in [0.2, 0.25) is 0 Å². The SMILES string of the molecule is COC(=O)C1(C)CCCC2(C)[C@@H]1CC[C@@]1(CC(C)=O)CC(=O)CC[C@@H]21. The van der Waals surface area contributed by atoms with E-state index in [1.807, 2.05) is 0 Å². The summed E-state index contributed by atoms with van der Waals surface area (Å²) in [6.07, 6.45) is 7.34. The highest BCUT2D eigenvalue weighted by atomic mass is 16.5. The van der Waals surface area contributed by atoms with E-state index in [0.717, 1.165) is 38.5 Å². The molecule has 3 saturated carbocycles. The van der Waals surface area contributed by atoms with Crippen LogP contribution in [0.3, 0.4) is 0 Å². The van der Waals surface area contributed by atoms with E-state index in [0.29, 0.717) is 31.0 Å². The van der Waals surface area contributed by atoms with Gasteiger partial charge in [-0.15, -0.1) is 0 Å². The maximum absolute atomic E-state index is 12.6. The van der Waals surface area contributed by atoms with Crippen LogP contribution in [0.5, 0.6) is 0 Å². The van der Waals surface area contributed by atoms with Crippen molar-refractivity contribution in [1.82, 2.24) is 0 Å². The lowest BCUT2D eigenvalue weighted by Gasteiger charge is -2.64. The van der Waals surface area contributed by atoms with Gasteiger partial charge in [0.25, 0.3) is 0 Å². The molecule has 3 fully saturated rings. The molecule has 4 heteroatoms. The Hall–Kier alpha value is -1.19. The highest BCUT2D eigenvalue weighted by molar-refractivity contribution is 5.83. The van der Waals surface area contributed by atoms with Crippen molar-refractivity contribution in [3.63, 3.8) is 0 Å². The minimum Gasteiger partial charge on any atom is -0.469 e. The predicted molar refractivity (Wildman–Crippen MR) is 94.9 cm³/mol. The Labute approximate surface area is 151 Å². The number of ketones is 2. The van der Waals surface area contributed by atoms with Gasteiger partial charge in [0, 0.05) is 19.3 Å². The molecule has 0 radical (unpaired) electrons. The van der Waals surface area contributed by atoms with Gasteiger partial charge in [-0.1, -0.05) is 13.3 Å². The lowest BCUT2D eigenvalue weighted by Crippen LogP contribution is -2.60. The van der Waals surface area contributed by atoms with Crippen molar-refractivity contribution >= 4 is 17.5 Å². The van der Waals surface area contributed by atoms with Crippen molar-refractivity contribution in [3.05, 3.63) is 0 Å². The molecule has 3 aliphatic rings. The molecular formula is C21H32O4. The van der Waals surface area contributed by atoms with Gasteiger partial charge in [0.05, 0.1) is 12.5 Å². The van der Waals surface area contributed by atoms with Crippen LogP contribution in [0.25, 0.3) is 0 Å². The number of carbonyl (C=O) groups excluding carboxylic acids is 3. The molecule has 0 aromatic rings. The number of rotatable bonds is 3. The molecule has 140 valence electrons. The predicted octanol–water partition coefficient (Wildman–Crippen LogP) is 4.10. The monoisotopic (exact) mass is 348 g/mol. The third-order valence-electron chi connectivity index (χ3n) is 7.96. The van der Waals surface area contributed by atoms with Crippen LogP contribution in [0.4, 0.5) is 0 Å². The van der Waals surface area contributed by atoms with Gasteiger partial charge in [-0.05, 0) is 68.6 Å². The van der Waals surface area contributed by atoms with Crippen molar-refractivity contribution < 1.29 is 19.1 Å². The molecule has 0 spiro atoms. The standard InChI is InChI=1S/C21H32O4/c1-14(22)12-21-11-8-16-19(2,17(21)7-6-15(23)13-21)9-5-10-20(16,3)18(24)25-4/h16-17H,5-13H2,1-4H3/t16-,17-,19?,20?,21+/m0/s1. The van der Waals surface area contributed by atoms with Gasteiger partial charge in [0.1, 0.15) is 11.6 Å². The average Bonchev–Trinajstić information content (AvgIpc) is 2.52. The quantitative estimate of drug-likeness (QED) is 0.720. The van der Waals surface area contributed by atoms with Crippen LogP contribution < -0.4 is 0 Å². The second kappa shape index (κ2) is 6.21. The number of fused-ring (bicyclic) bond motifs is 3. The van der Waals surface area contributed by atoms with Crippen molar-refractivity contribution in [3.8, 4) is 0 Å². The van der Waals surface area contributed by atoms with Gasteiger partial charge in [-0.2, -0.15) is 0 Å². The zero-order valence-electron chi connectivity index (χ0n) is 16.2. The van der Waals surface area contributed by atoms with Gasteiger partial charge in [0.2, 0.25) is 0 Å². The summed E-state index contributed by atoms with van der Waals surface area (Å²) in [5.41, 5.74) is -0.609. The van der Waals surface area contributed by atoms with Crippen LogP contribution >= 0.6 is 0 Å². The highest BCUT2D eigenvalue weighted by Gasteiger charge is 2.63. The van der Waals surface area contributed by atoms with Crippen molar-refractivity contribution in [2.24, 2.45) is 28.1 Å². The summed E-state index contributed by atoms with van der Waals surface area (Å²) in [4.78, 5) is 36.9. The number of ether oxygens (including phenoxy) is 1. The first-order valence-electron chi connectivity index (χ1n) is 9.77. The molecule has 0 aromatic carbocycles. The minimum absolute atomic E-state index is 0.00951. The molecule has 4 nitrogen and oxygen atoms in total. The number of esters is 1. The largest absolute Gasteiger partial charge is 0.469 e. The van der Waals surface area contributed by atoms with Crippen LogP contribution in [0, 0.1) is 28.1 Å². The fourth-order valence-corrected chi connectivity index (χ4v) is 7.16. The molecule has 0 saturated heterocycles. The lowest BCUT2D eigenvalue weighted by atomic mass is 9.40. The summed E-state index contributed by atoms with van der Waals surface area (Å²) in [6, 6.07) is 0. The Morgan fingerprint density at radius 3 is 2.48 bits per heavy atom. The molecule has 2 unspecified atom stereocenters. The molecular weight excluding hydrogens is 316 g/mol. The summed E-state index contributed by atoms with van der Waals surface area (Å²) in [6.45, 7) is 6.05. The summed E-state index contributed by atoms with van der Waals surface area (Å²) >= 11 is 0. The molecule has 0 aliphatic heterocycles. The van der Waals surface area contributed by atoms with E-state index in [4.69, 9.17) is 4.74 Å². The first-order chi connectivity index (χ1) is 11.7. The molecule has 3 rings (SSSR count). The van der Waals surface area contributed by atoms with Crippen molar-refractivity contribution in [2.75, 3.05) is 7.11 Å². The highest BCUT2D eigenvalue weighted by Crippen LogP contribution is 2.68. The molecule has 3 aliphatic carbocycles. The van der Waals surface area contributed by atoms with Gasteiger partial charge >= 0.3 is 5.97 Å². The smallest absolute Gasteiger partial charge is 0.311 e. The third kappa shape index (κ3) is 2.76. The molecule has 0 N–H and O–H groups in total. The Morgan fingerprint density at radius 2 is 1.84 bits per heavy atom. The van der Waals surface area contributed by atoms with E-state index in [1.165, 1.54) is 7.11 Å². The van der Waals surface area contributed by atoms with E-state index < -0.39 is 5.41 Å². The summed E-state index contributed by atoms with van der Waals surface area (Å²) < 4.78 is 5.18. The van der Waals surface area contributed by atoms with Crippen LogP contribution in [0.15, 0.2) is 0 Å². The van der Waals surface area contributed by atoms with Crippen LogP contribution in [-0.2, 0) is 19.1 Å². The normalized spacial score (nSPS) is 43.8. The van der Waals surface area contributed by atoms with E-state index in [9.17, 15) is 14.4 Å². The molecule has 0 aromatic heterocycles. The van der Waals surface area contributed by atoms with Crippen LogP contribution in [-0.4, -0.2) is 24.6 Å². The second-order valence-electron chi connectivity index (χ2n) is 9.41. The average molecular weight is 348 g/mol. The number of methoxy groups -OCH3 is 1. The summed E-state index contributed by atoms with van der Waals surface area (Å²) in [7, 11) is 1.49. The van der Waals surface area contributed by atoms with Gasteiger partial charge < -0.3 is 9.53 Å². The molecule has 25 heavy (non-hydrogen) atoms. The Bertz CT molecular complexity index is 593. The lowest BCUT2D eigenvalue weighted by molar-refractivity contribution is -0.187. The first kappa shape index (κ1) is 18.6. The first-order valence-corrected chi connectivity index (χ1v) is 9.77. The third-order valence-corrected chi connectivity index (χ3v) is 7.96. The summed E-state index contributed by atoms with van der Waals surface area (Å²) in [5.74, 6) is 1.04. The molecule has 0 amide bonds. The molecule has 0 bridgehead atoms. The van der Waals surface area contributed by atoms with E-state index in [-0.39, 0.29) is 28.5 Å². The Morgan fingerprint density at radius 1 is 1.12 bits per heavy atom. The number of carbonyl (C=O) groups is 3. The molecule has 0 heterocycles. The van der Waals surface area contributed by atoms with Gasteiger partial charge in [-0.3, -0.25) is 9.59 Å². The van der Waals surface area contributed by atoms with E-state index >= 15 is 0 Å². The number of hydrogen-bond donors (Lipinski definition) is 0. The fourth-order valence-electron chi connectivity index (χ4n) is 7.16. The fraction of sp³-hybridized carbons (Fsp3) is 0.857. The number of Topliss-reactive ketones (excluding diaryl/α,β-unsaturated/α-hetero) is 2. The Kier molecular flexibility index (Phi) is 4.62. The van der Waals surface area contributed by atoms with E-state index in [2.05, 4.69) is 13.8 Å². The maximum atomic E-state index is 12.6. The zero-order chi connectivity index (χ0) is 18.5. The minimum atomic E-state index is -0.439. The topological polar surface area (TPSA) is 60.4 Å². The summed E-state index contributed by atoms with van der Waals surface area (Å²) in [5, 5.41) is 0. The maximum Gasteiger partial charge on any atom is 0.311 e.